The molecule has 0 aromatic carbocycles. The number of urea groups is 1. The summed E-state index contributed by atoms with van der Waals surface area (Å²) in [5.41, 5.74) is 0. The lowest BCUT2D eigenvalue weighted by Gasteiger charge is -2.27. The van der Waals surface area contributed by atoms with Gasteiger partial charge in [-0.1, -0.05) is 19.3 Å². The van der Waals surface area contributed by atoms with Gasteiger partial charge in [-0.15, -0.1) is 12.4 Å². The lowest BCUT2D eigenvalue weighted by atomic mass is 9.96. The summed E-state index contributed by atoms with van der Waals surface area (Å²) in [5.74, 6) is -0.131. The van der Waals surface area contributed by atoms with E-state index in [2.05, 4.69) is 26.2 Å². The molecule has 2 fully saturated rings. The molecule has 7 nitrogen and oxygen atoms in total. The molecule has 1 aliphatic carbocycles. The van der Waals surface area contributed by atoms with Crippen LogP contribution in [0.2, 0.25) is 0 Å². The van der Waals surface area contributed by atoms with E-state index in [0.29, 0.717) is 6.54 Å². The minimum atomic E-state index is -0.232. The van der Waals surface area contributed by atoms with Crippen molar-refractivity contribution in [2.75, 3.05) is 45.8 Å². The number of carbonyl (C=O) groups is 2. The molecule has 1 saturated heterocycles. The average Bonchev–Trinajstić information content (AvgIpc) is 2.55. The highest BCUT2D eigenvalue weighted by atomic mass is 35.5. The molecular weight excluding hydrogens is 318 g/mol. The second-order valence-electron chi connectivity index (χ2n) is 6.10. The first kappa shape index (κ1) is 20.0. The lowest BCUT2D eigenvalue weighted by molar-refractivity contribution is -0.120. The van der Waals surface area contributed by atoms with Crippen molar-refractivity contribution in [3.8, 4) is 0 Å². The van der Waals surface area contributed by atoms with Crippen LogP contribution in [0, 0.1) is 0 Å². The first-order chi connectivity index (χ1) is 10.7. The molecule has 0 atom stereocenters. The van der Waals surface area contributed by atoms with E-state index in [4.69, 9.17) is 0 Å². The predicted octanol–water partition coefficient (Wildman–Crippen LogP) is 0.0615. The molecule has 1 aliphatic heterocycles. The number of hydrogen-bond acceptors (Lipinski definition) is 4. The molecule has 0 bridgehead atoms. The van der Waals surface area contributed by atoms with Crippen LogP contribution >= 0.6 is 12.4 Å². The van der Waals surface area contributed by atoms with Gasteiger partial charge in [0.05, 0.1) is 6.54 Å². The maximum atomic E-state index is 11.7. The van der Waals surface area contributed by atoms with Crippen molar-refractivity contribution in [1.29, 1.82) is 0 Å². The van der Waals surface area contributed by atoms with Crippen molar-refractivity contribution in [3.05, 3.63) is 0 Å². The summed E-state index contributed by atoms with van der Waals surface area (Å²) in [5, 5.41) is 11.7. The maximum absolute atomic E-state index is 11.7. The summed E-state index contributed by atoms with van der Waals surface area (Å²) in [4.78, 5) is 25.7. The zero-order valence-corrected chi connectivity index (χ0v) is 14.6. The summed E-state index contributed by atoms with van der Waals surface area (Å²) in [6, 6.07) is 0.0358. The number of nitrogens with one attached hydrogen (secondary N) is 4. The van der Waals surface area contributed by atoms with Crippen molar-refractivity contribution < 1.29 is 9.59 Å². The van der Waals surface area contributed by atoms with E-state index < -0.39 is 0 Å². The first-order valence-corrected chi connectivity index (χ1v) is 8.48. The normalized spacial score (nSPS) is 19.5. The largest absolute Gasteiger partial charge is 0.353 e. The van der Waals surface area contributed by atoms with E-state index in [1.165, 1.54) is 19.3 Å². The Kier molecular flexibility index (Phi) is 9.98. The van der Waals surface area contributed by atoms with Gasteiger partial charge in [0, 0.05) is 45.3 Å². The van der Waals surface area contributed by atoms with Crippen molar-refractivity contribution >= 4 is 24.3 Å². The highest BCUT2D eigenvalue weighted by Gasteiger charge is 2.16. The van der Waals surface area contributed by atoms with Gasteiger partial charge >= 0.3 is 6.03 Å². The molecule has 134 valence electrons. The summed E-state index contributed by atoms with van der Waals surface area (Å²) in [6.45, 7) is 5.61. The van der Waals surface area contributed by atoms with E-state index in [0.717, 1.165) is 45.6 Å². The summed E-state index contributed by atoms with van der Waals surface area (Å²) in [6.07, 6.45) is 5.71. The van der Waals surface area contributed by atoms with Crippen LogP contribution in [-0.4, -0.2) is 68.7 Å². The summed E-state index contributed by atoms with van der Waals surface area (Å²) in [7, 11) is 0. The van der Waals surface area contributed by atoms with Gasteiger partial charge in [0.2, 0.25) is 5.91 Å². The number of halogens is 1. The van der Waals surface area contributed by atoms with Crippen LogP contribution in [0.1, 0.15) is 32.1 Å². The highest BCUT2D eigenvalue weighted by Crippen LogP contribution is 2.16. The third-order valence-corrected chi connectivity index (χ3v) is 4.31. The Hall–Kier alpha value is -1.05. The first-order valence-electron chi connectivity index (χ1n) is 8.48. The Bertz CT molecular complexity index is 358. The fraction of sp³-hybridized carbons (Fsp3) is 0.867. The van der Waals surface area contributed by atoms with Gasteiger partial charge in [0.15, 0.2) is 0 Å². The maximum Gasteiger partial charge on any atom is 0.315 e. The van der Waals surface area contributed by atoms with Gasteiger partial charge in [-0.2, -0.15) is 0 Å². The van der Waals surface area contributed by atoms with Crippen LogP contribution in [0.4, 0.5) is 4.79 Å². The number of hydrogen-bond donors (Lipinski definition) is 4. The average molecular weight is 348 g/mol. The van der Waals surface area contributed by atoms with Gasteiger partial charge < -0.3 is 21.3 Å². The molecule has 0 spiro atoms. The van der Waals surface area contributed by atoms with Gasteiger partial charge in [-0.25, -0.2) is 4.79 Å². The van der Waals surface area contributed by atoms with Crippen molar-refractivity contribution in [1.82, 2.24) is 26.2 Å². The van der Waals surface area contributed by atoms with E-state index in [9.17, 15) is 9.59 Å². The third-order valence-electron chi connectivity index (χ3n) is 4.31. The van der Waals surface area contributed by atoms with Crippen LogP contribution in [0.3, 0.4) is 0 Å². The van der Waals surface area contributed by atoms with Crippen LogP contribution in [0.25, 0.3) is 0 Å². The molecular formula is C15H30ClN5O2. The third kappa shape index (κ3) is 8.39. The van der Waals surface area contributed by atoms with E-state index in [1.54, 1.807) is 0 Å². The van der Waals surface area contributed by atoms with Crippen molar-refractivity contribution in [2.24, 2.45) is 0 Å². The second-order valence-corrected chi connectivity index (χ2v) is 6.10. The minimum Gasteiger partial charge on any atom is -0.353 e. The van der Waals surface area contributed by atoms with Crippen molar-refractivity contribution in [3.63, 3.8) is 0 Å². The number of rotatable bonds is 6. The molecule has 2 aliphatic rings. The van der Waals surface area contributed by atoms with Crippen LogP contribution in [0.5, 0.6) is 0 Å². The smallest absolute Gasteiger partial charge is 0.315 e. The second kappa shape index (κ2) is 11.5. The Balaban J connectivity index is 0.00000264. The Labute approximate surface area is 144 Å². The molecule has 23 heavy (non-hydrogen) atoms. The predicted molar refractivity (Wildman–Crippen MR) is 93.0 cm³/mol. The van der Waals surface area contributed by atoms with Gasteiger partial charge in [0.25, 0.3) is 0 Å². The van der Waals surface area contributed by atoms with Crippen LogP contribution in [-0.2, 0) is 4.79 Å². The fourth-order valence-electron chi connectivity index (χ4n) is 2.99. The van der Waals surface area contributed by atoms with Crippen LogP contribution < -0.4 is 21.3 Å². The topological polar surface area (TPSA) is 85.5 Å². The molecule has 0 aromatic rings. The molecule has 0 radical (unpaired) electrons. The van der Waals surface area contributed by atoms with Crippen molar-refractivity contribution in [2.45, 2.75) is 38.1 Å². The summed E-state index contributed by atoms with van der Waals surface area (Å²) < 4.78 is 0. The SMILES string of the molecule is Cl.O=C(CNC(=O)NC1CCCCC1)NCCN1CCNCC1. The molecule has 0 unspecified atom stereocenters. The fourth-order valence-corrected chi connectivity index (χ4v) is 2.99. The molecule has 3 amide bonds. The quantitative estimate of drug-likeness (QED) is 0.547. The Morgan fingerprint density at radius 3 is 2.43 bits per heavy atom. The molecule has 1 heterocycles. The highest BCUT2D eigenvalue weighted by molar-refractivity contribution is 5.85. The molecule has 8 heteroatoms. The zero-order valence-electron chi connectivity index (χ0n) is 13.7. The summed E-state index contributed by atoms with van der Waals surface area (Å²) >= 11 is 0. The monoisotopic (exact) mass is 347 g/mol. The Morgan fingerprint density at radius 1 is 1.04 bits per heavy atom. The Morgan fingerprint density at radius 2 is 1.74 bits per heavy atom. The van der Waals surface area contributed by atoms with Gasteiger partial charge in [-0.3, -0.25) is 9.69 Å². The zero-order chi connectivity index (χ0) is 15.6. The van der Waals surface area contributed by atoms with E-state index >= 15 is 0 Å². The van der Waals surface area contributed by atoms with E-state index in [1.807, 2.05) is 0 Å². The number of nitrogens with zero attached hydrogens (tertiary/aromatic N) is 1. The van der Waals surface area contributed by atoms with Crippen LogP contribution in [0.15, 0.2) is 0 Å². The number of piperazine rings is 1. The molecule has 4 N–H and O–H groups in total. The van der Waals surface area contributed by atoms with Gasteiger partial charge in [-0.05, 0) is 12.8 Å². The molecule has 1 saturated carbocycles. The van der Waals surface area contributed by atoms with Gasteiger partial charge in [0.1, 0.15) is 0 Å². The molecule has 0 aromatic heterocycles. The number of carbonyl (C=O) groups excluding carboxylic acids is 2. The number of amides is 3. The standard InChI is InChI=1S/C15H29N5O2.ClH/c21-14(17-8-11-20-9-6-16-7-10-20)12-18-15(22)19-13-4-2-1-3-5-13;/h13,16H,1-12H2,(H,17,21)(H2,18,19,22);1H. The van der Waals surface area contributed by atoms with E-state index in [-0.39, 0.29) is 36.9 Å². The minimum absolute atomic E-state index is 0. The lowest BCUT2D eigenvalue weighted by Crippen LogP contribution is -2.48. The molecule has 2 rings (SSSR count).